The highest BCUT2D eigenvalue weighted by molar-refractivity contribution is 5.93. The molecule has 2 aromatic rings. The van der Waals surface area contributed by atoms with Gasteiger partial charge in [-0.15, -0.1) is 5.10 Å². The first kappa shape index (κ1) is 11.8. The molecule has 0 aliphatic heterocycles. The van der Waals surface area contributed by atoms with E-state index in [1.807, 2.05) is 12.1 Å². The maximum Gasteiger partial charge on any atom is 0.360 e. The number of aromatic nitrogens is 4. The van der Waals surface area contributed by atoms with Gasteiger partial charge < -0.3 is 4.74 Å². The molecule has 1 fully saturated rings. The Morgan fingerprint density at radius 3 is 2.79 bits per heavy atom. The van der Waals surface area contributed by atoms with E-state index in [4.69, 9.17) is 4.74 Å². The van der Waals surface area contributed by atoms with E-state index in [2.05, 4.69) is 15.3 Å². The molecule has 1 aliphatic carbocycles. The summed E-state index contributed by atoms with van der Waals surface area (Å²) in [5.41, 5.74) is 1.84. The fourth-order valence-corrected chi connectivity index (χ4v) is 2.02. The van der Waals surface area contributed by atoms with Gasteiger partial charge in [-0.05, 0) is 30.9 Å². The van der Waals surface area contributed by atoms with Crippen molar-refractivity contribution in [3.63, 3.8) is 0 Å². The van der Waals surface area contributed by atoms with Crippen LogP contribution in [0.2, 0.25) is 0 Å². The van der Waals surface area contributed by atoms with Crippen LogP contribution in [0.15, 0.2) is 24.5 Å². The third kappa shape index (κ3) is 2.33. The fraction of sp³-hybridized carbons (Fsp3) is 0.385. The molecule has 0 unspecified atom stereocenters. The van der Waals surface area contributed by atoms with Gasteiger partial charge in [-0.3, -0.25) is 4.98 Å². The van der Waals surface area contributed by atoms with Crippen LogP contribution < -0.4 is 0 Å². The SMILES string of the molecule is COC(=O)c1nnn(CC2CC2)c1-c1ccncc1. The van der Waals surface area contributed by atoms with Crippen molar-refractivity contribution in [2.24, 2.45) is 5.92 Å². The average Bonchev–Trinajstić information content (AvgIpc) is 3.17. The van der Waals surface area contributed by atoms with Gasteiger partial charge in [0.05, 0.1) is 7.11 Å². The molecule has 3 rings (SSSR count). The van der Waals surface area contributed by atoms with Crippen molar-refractivity contribution in [2.75, 3.05) is 7.11 Å². The highest BCUT2D eigenvalue weighted by atomic mass is 16.5. The van der Waals surface area contributed by atoms with Gasteiger partial charge >= 0.3 is 5.97 Å². The van der Waals surface area contributed by atoms with Crippen LogP contribution in [0.4, 0.5) is 0 Å². The summed E-state index contributed by atoms with van der Waals surface area (Å²) in [6.45, 7) is 0.793. The van der Waals surface area contributed by atoms with Gasteiger partial charge in [-0.25, -0.2) is 9.48 Å². The van der Waals surface area contributed by atoms with E-state index in [1.54, 1.807) is 17.1 Å². The maximum atomic E-state index is 11.8. The van der Waals surface area contributed by atoms with Crippen molar-refractivity contribution >= 4 is 5.97 Å². The van der Waals surface area contributed by atoms with Crippen molar-refractivity contribution in [1.82, 2.24) is 20.0 Å². The molecule has 19 heavy (non-hydrogen) atoms. The minimum atomic E-state index is -0.464. The van der Waals surface area contributed by atoms with Crippen LogP contribution >= 0.6 is 0 Å². The van der Waals surface area contributed by atoms with Crippen molar-refractivity contribution in [3.8, 4) is 11.3 Å². The number of ether oxygens (including phenoxy) is 1. The minimum absolute atomic E-state index is 0.259. The van der Waals surface area contributed by atoms with Gasteiger partial charge in [0, 0.05) is 24.5 Å². The van der Waals surface area contributed by atoms with Crippen molar-refractivity contribution < 1.29 is 9.53 Å². The van der Waals surface area contributed by atoms with E-state index in [0.29, 0.717) is 11.6 Å². The molecule has 0 aromatic carbocycles. The van der Waals surface area contributed by atoms with Crippen molar-refractivity contribution in [3.05, 3.63) is 30.2 Å². The lowest BCUT2D eigenvalue weighted by atomic mass is 10.1. The van der Waals surface area contributed by atoms with E-state index < -0.39 is 5.97 Å². The zero-order chi connectivity index (χ0) is 13.2. The molecule has 0 radical (unpaired) electrons. The van der Waals surface area contributed by atoms with Crippen LogP contribution in [-0.4, -0.2) is 33.1 Å². The van der Waals surface area contributed by atoms with Crippen molar-refractivity contribution in [1.29, 1.82) is 0 Å². The Labute approximate surface area is 110 Å². The molecule has 2 aromatic heterocycles. The smallest absolute Gasteiger partial charge is 0.360 e. The van der Waals surface area contributed by atoms with E-state index >= 15 is 0 Å². The number of methoxy groups -OCH3 is 1. The maximum absolute atomic E-state index is 11.8. The first-order chi connectivity index (χ1) is 9.29. The number of rotatable bonds is 4. The molecule has 0 atom stereocenters. The summed E-state index contributed by atoms with van der Waals surface area (Å²) in [6.07, 6.45) is 5.79. The summed E-state index contributed by atoms with van der Waals surface area (Å²) in [4.78, 5) is 15.8. The number of carbonyl (C=O) groups excluding carboxylic acids is 1. The summed E-state index contributed by atoms with van der Waals surface area (Å²) in [5.74, 6) is 0.182. The molecule has 1 aliphatic rings. The van der Waals surface area contributed by atoms with E-state index in [-0.39, 0.29) is 5.69 Å². The first-order valence-electron chi connectivity index (χ1n) is 6.22. The van der Waals surface area contributed by atoms with Crippen LogP contribution in [-0.2, 0) is 11.3 Å². The van der Waals surface area contributed by atoms with E-state index in [9.17, 15) is 4.79 Å². The number of hydrogen-bond acceptors (Lipinski definition) is 5. The lowest BCUT2D eigenvalue weighted by molar-refractivity contribution is 0.0595. The second-order valence-corrected chi connectivity index (χ2v) is 4.64. The second-order valence-electron chi connectivity index (χ2n) is 4.64. The van der Waals surface area contributed by atoms with Gasteiger partial charge in [-0.1, -0.05) is 5.21 Å². The molecule has 6 heteroatoms. The third-order valence-electron chi connectivity index (χ3n) is 3.20. The Kier molecular flexibility index (Phi) is 2.98. The van der Waals surface area contributed by atoms with Gasteiger partial charge in [-0.2, -0.15) is 0 Å². The Hall–Kier alpha value is -2.24. The summed E-state index contributed by atoms with van der Waals surface area (Å²) in [6, 6.07) is 3.68. The minimum Gasteiger partial charge on any atom is -0.464 e. The van der Waals surface area contributed by atoms with Crippen LogP contribution in [0.1, 0.15) is 23.3 Å². The first-order valence-corrected chi connectivity index (χ1v) is 6.22. The van der Waals surface area contributed by atoms with Gasteiger partial charge in [0.15, 0.2) is 5.69 Å². The fourth-order valence-electron chi connectivity index (χ4n) is 2.02. The Morgan fingerprint density at radius 2 is 2.16 bits per heavy atom. The van der Waals surface area contributed by atoms with Crippen molar-refractivity contribution in [2.45, 2.75) is 19.4 Å². The normalized spacial score (nSPS) is 14.4. The predicted octanol–water partition coefficient (Wildman–Crippen LogP) is 1.54. The van der Waals surface area contributed by atoms with E-state index in [1.165, 1.54) is 20.0 Å². The number of esters is 1. The topological polar surface area (TPSA) is 69.9 Å². The molecular weight excluding hydrogens is 244 g/mol. The van der Waals surface area contributed by atoms with Crippen LogP contribution in [0, 0.1) is 5.92 Å². The number of carbonyl (C=O) groups is 1. The predicted molar refractivity (Wildman–Crippen MR) is 67.3 cm³/mol. The summed E-state index contributed by atoms with van der Waals surface area (Å²) < 4.78 is 6.55. The average molecular weight is 258 g/mol. The molecular formula is C13H14N4O2. The molecule has 0 saturated heterocycles. The molecule has 0 spiro atoms. The van der Waals surface area contributed by atoms with E-state index in [0.717, 1.165) is 12.1 Å². The number of pyridine rings is 1. The Balaban J connectivity index is 2.06. The summed E-state index contributed by atoms with van der Waals surface area (Å²) >= 11 is 0. The largest absolute Gasteiger partial charge is 0.464 e. The number of hydrogen-bond donors (Lipinski definition) is 0. The van der Waals surface area contributed by atoms with Crippen LogP contribution in [0.3, 0.4) is 0 Å². The van der Waals surface area contributed by atoms with Crippen LogP contribution in [0.5, 0.6) is 0 Å². The second kappa shape index (κ2) is 4.79. The Bertz CT molecular complexity index is 590. The molecule has 6 nitrogen and oxygen atoms in total. The highest BCUT2D eigenvalue weighted by Gasteiger charge is 2.27. The monoisotopic (exact) mass is 258 g/mol. The van der Waals surface area contributed by atoms with Gasteiger partial charge in [0.2, 0.25) is 0 Å². The summed E-state index contributed by atoms with van der Waals surface area (Å²) in [5, 5.41) is 8.05. The molecule has 0 N–H and O–H groups in total. The number of nitrogens with zero attached hydrogens (tertiary/aromatic N) is 4. The molecule has 1 saturated carbocycles. The zero-order valence-electron chi connectivity index (χ0n) is 10.6. The lowest BCUT2D eigenvalue weighted by Gasteiger charge is -2.06. The summed E-state index contributed by atoms with van der Waals surface area (Å²) in [7, 11) is 1.35. The Morgan fingerprint density at radius 1 is 1.42 bits per heavy atom. The quantitative estimate of drug-likeness (QED) is 0.778. The zero-order valence-corrected chi connectivity index (χ0v) is 10.6. The van der Waals surface area contributed by atoms with Gasteiger partial charge in [0.25, 0.3) is 0 Å². The standard InChI is InChI=1S/C13H14N4O2/c1-19-13(18)11-12(10-4-6-14-7-5-10)17(16-15-11)8-9-2-3-9/h4-7,9H,2-3,8H2,1H3. The van der Waals surface area contributed by atoms with Gasteiger partial charge in [0.1, 0.15) is 5.69 Å². The molecule has 0 amide bonds. The molecule has 0 bridgehead atoms. The van der Waals surface area contributed by atoms with Crippen LogP contribution in [0.25, 0.3) is 11.3 Å². The lowest BCUT2D eigenvalue weighted by Crippen LogP contribution is -2.07. The third-order valence-corrected chi connectivity index (χ3v) is 3.20. The highest BCUT2D eigenvalue weighted by Crippen LogP contribution is 2.32. The molecule has 98 valence electrons. The molecule has 2 heterocycles.